The van der Waals surface area contributed by atoms with E-state index in [-0.39, 0.29) is 6.04 Å². The van der Waals surface area contributed by atoms with Gasteiger partial charge in [-0.3, -0.25) is 4.98 Å². The maximum Gasteiger partial charge on any atom is 0.0422 e. The molecule has 0 aliphatic rings. The summed E-state index contributed by atoms with van der Waals surface area (Å²) in [7, 11) is 0. The first-order valence-electron chi connectivity index (χ1n) is 5.51. The lowest BCUT2D eigenvalue weighted by Crippen LogP contribution is -2.13. The third-order valence-electron chi connectivity index (χ3n) is 2.69. The normalized spacial score (nSPS) is 12.6. The summed E-state index contributed by atoms with van der Waals surface area (Å²) in [6.45, 7) is 2.13. The van der Waals surface area contributed by atoms with E-state index in [9.17, 15) is 0 Å². The molecule has 0 saturated heterocycles. The average Bonchev–Trinajstić information content (AvgIpc) is 2.83. The molecule has 0 saturated carbocycles. The lowest BCUT2D eigenvalue weighted by atomic mass is 10.1. The van der Waals surface area contributed by atoms with Gasteiger partial charge in [-0.1, -0.05) is 13.0 Å². The van der Waals surface area contributed by atoms with Crippen LogP contribution in [0, 0.1) is 0 Å². The molecular formula is C13H16N2S. The lowest BCUT2D eigenvalue weighted by Gasteiger charge is -2.09. The van der Waals surface area contributed by atoms with Crippen molar-refractivity contribution in [3.63, 3.8) is 0 Å². The van der Waals surface area contributed by atoms with Gasteiger partial charge in [0.15, 0.2) is 0 Å². The van der Waals surface area contributed by atoms with Crippen LogP contribution in [0.1, 0.15) is 29.8 Å². The molecule has 16 heavy (non-hydrogen) atoms. The molecule has 0 aliphatic carbocycles. The Bertz CT molecular complexity index is 420. The quantitative estimate of drug-likeness (QED) is 0.880. The molecule has 1 atom stereocenters. The molecule has 1 unspecified atom stereocenters. The highest BCUT2D eigenvalue weighted by Crippen LogP contribution is 2.17. The van der Waals surface area contributed by atoms with E-state index in [1.165, 1.54) is 11.1 Å². The minimum absolute atomic E-state index is 0.0613. The maximum atomic E-state index is 6.11. The zero-order valence-electron chi connectivity index (χ0n) is 9.39. The largest absolute Gasteiger partial charge is 0.324 e. The first kappa shape index (κ1) is 11.3. The number of hydrogen-bond acceptors (Lipinski definition) is 3. The molecular weight excluding hydrogens is 216 g/mol. The van der Waals surface area contributed by atoms with Gasteiger partial charge in [0.25, 0.3) is 0 Å². The highest BCUT2D eigenvalue weighted by Gasteiger charge is 2.07. The van der Waals surface area contributed by atoms with Gasteiger partial charge in [0, 0.05) is 24.4 Å². The third kappa shape index (κ3) is 2.68. The molecule has 2 nitrogen and oxygen atoms in total. The SMILES string of the molecule is CCc1ccc(CC(N)c2ccsc2)nc1. The molecule has 0 fully saturated rings. The number of aromatic nitrogens is 1. The van der Waals surface area contributed by atoms with E-state index in [0.29, 0.717) is 0 Å². The molecule has 0 aromatic carbocycles. The summed E-state index contributed by atoms with van der Waals surface area (Å²) in [6, 6.07) is 6.34. The Balaban J connectivity index is 2.03. The van der Waals surface area contributed by atoms with Crippen molar-refractivity contribution < 1.29 is 0 Å². The zero-order valence-corrected chi connectivity index (χ0v) is 10.2. The minimum Gasteiger partial charge on any atom is -0.324 e. The number of nitrogens with two attached hydrogens (primary N) is 1. The number of nitrogens with zero attached hydrogens (tertiary/aromatic N) is 1. The van der Waals surface area contributed by atoms with Crippen molar-refractivity contribution >= 4 is 11.3 Å². The summed E-state index contributed by atoms with van der Waals surface area (Å²) in [5, 5.41) is 4.16. The summed E-state index contributed by atoms with van der Waals surface area (Å²) < 4.78 is 0. The Labute approximate surface area is 100 Å². The molecule has 0 radical (unpaired) electrons. The monoisotopic (exact) mass is 232 g/mol. The molecule has 2 rings (SSSR count). The van der Waals surface area contributed by atoms with Gasteiger partial charge in [0.05, 0.1) is 0 Å². The van der Waals surface area contributed by atoms with Gasteiger partial charge < -0.3 is 5.73 Å². The van der Waals surface area contributed by atoms with Crippen molar-refractivity contribution in [2.24, 2.45) is 5.73 Å². The van der Waals surface area contributed by atoms with E-state index in [4.69, 9.17) is 5.73 Å². The summed E-state index contributed by atoms with van der Waals surface area (Å²) in [6.07, 6.45) is 3.78. The van der Waals surface area contributed by atoms with Crippen LogP contribution in [-0.2, 0) is 12.8 Å². The molecule has 2 heterocycles. The molecule has 2 N–H and O–H groups in total. The Morgan fingerprint density at radius 3 is 2.81 bits per heavy atom. The minimum atomic E-state index is 0.0613. The average molecular weight is 232 g/mol. The van der Waals surface area contributed by atoms with E-state index in [0.717, 1.165) is 18.5 Å². The molecule has 2 aromatic heterocycles. The van der Waals surface area contributed by atoms with Crippen molar-refractivity contribution in [2.45, 2.75) is 25.8 Å². The van der Waals surface area contributed by atoms with Crippen LogP contribution in [0.15, 0.2) is 35.2 Å². The van der Waals surface area contributed by atoms with Gasteiger partial charge >= 0.3 is 0 Å². The van der Waals surface area contributed by atoms with Crippen molar-refractivity contribution in [1.82, 2.24) is 4.98 Å². The predicted molar refractivity (Wildman–Crippen MR) is 68.6 cm³/mol. The molecule has 84 valence electrons. The smallest absolute Gasteiger partial charge is 0.0422 e. The summed E-state index contributed by atoms with van der Waals surface area (Å²) in [5.74, 6) is 0. The molecule has 0 amide bonds. The van der Waals surface area contributed by atoms with Crippen LogP contribution in [0.2, 0.25) is 0 Å². The Hall–Kier alpha value is -1.19. The second-order valence-corrected chi connectivity index (χ2v) is 4.66. The predicted octanol–water partition coefficient (Wildman–Crippen LogP) is 2.95. The summed E-state index contributed by atoms with van der Waals surface area (Å²) in [5.41, 5.74) is 9.65. The molecule has 0 spiro atoms. The molecule has 3 heteroatoms. The second-order valence-electron chi connectivity index (χ2n) is 3.88. The van der Waals surface area contributed by atoms with E-state index in [1.54, 1.807) is 11.3 Å². The number of pyridine rings is 1. The number of aryl methyl sites for hydroxylation is 1. The van der Waals surface area contributed by atoms with Gasteiger partial charge in [-0.05, 0) is 40.4 Å². The first-order chi connectivity index (χ1) is 7.79. The third-order valence-corrected chi connectivity index (χ3v) is 3.40. The van der Waals surface area contributed by atoms with Gasteiger partial charge in [0.2, 0.25) is 0 Å². The van der Waals surface area contributed by atoms with Crippen molar-refractivity contribution in [3.05, 3.63) is 52.0 Å². The molecule has 2 aromatic rings. The Morgan fingerprint density at radius 2 is 2.25 bits per heavy atom. The fourth-order valence-electron chi connectivity index (χ4n) is 1.61. The topological polar surface area (TPSA) is 38.9 Å². The first-order valence-corrected chi connectivity index (χ1v) is 6.45. The standard InChI is InChI=1S/C13H16N2S/c1-2-10-3-4-12(15-8-10)7-13(14)11-5-6-16-9-11/h3-6,8-9,13H,2,7,14H2,1H3. The van der Waals surface area contributed by atoms with E-state index < -0.39 is 0 Å². The van der Waals surface area contributed by atoms with Crippen LogP contribution in [0.4, 0.5) is 0 Å². The Kier molecular flexibility index (Phi) is 3.70. The van der Waals surface area contributed by atoms with E-state index in [1.807, 2.05) is 6.20 Å². The second kappa shape index (κ2) is 5.23. The Morgan fingerprint density at radius 1 is 1.38 bits per heavy atom. The lowest BCUT2D eigenvalue weighted by molar-refractivity contribution is 0.708. The van der Waals surface area contributed by atoms with Gasteiger partial charge in [0.1, 0.15) is 0 Å². The zero-order chi connectivity index (χ0) is 11.4. The fraction of sp³-hybridized carbons (Fsp3) is 0.308. The number of thiophene rings is 1. The van der Waals surface area contributed by atoms with Crippen LogP contribution in [0.25, 0.3) is 0 Å². The highest BCUT2D eigenvalue weighted by molar-refractivity contribution is 7.07. The van der Waals surface area contributed by atoms with Gasteiger partial charge in [-0.2, -0.15) is 11.3 Å². The maximum absolute atomic E-state index is 6.11. The molecule has 0 bridgehead atoms. The fourth-order valence-corrected chi connectivity index (χ4v) is 2.34. The highest BCUT2D eigenvalue weighted by atomic mass is 32.1. The van der Waals surface area contributed by atoms with Crippen LogP contribution >= 0.6 is 11.3 Å². The van der Waals surface area contributed by atoms with Crippen LogP contribution in [0.5, 0.6) is 0 Å². The summed E-state index contributed by atoms with van der Waals surface area (Å²) >= 11 is 1.68. The number of rotatable bonds is 4. The van der Waals surface area contributed by atoms with E-state index in [2.05, 4.69) is 40.9 Å². The van der Waals surface area contributed by atoms with Gasteiger partial charge in [-0.15, -0.1) is 0 Å². The van der Waals surface area contributed by atoms with Gasteiger partial charge in [-0.25, -0.2) is 0 Å². The van der Waals surface area contributed by atoms with Crippen molar-refractivity contribution in [1.29, 1.82) is 0 Å². The van der Waals surface area contributed by atoms with E-state index >= 15 is 0 Å². The van der Waals surface area contributed by atoms with Crippen molar-refractivity contribution in [2.75, 3.05) is 0 Å². The van der Waals surface area contributed by atoms with Crippen LogP contribution in [-0.4, -0.2) is 4.98 Å². The number of hydrogen-bond donors (Lipinski definition) is 1. The molecule has 0 aliphatic heterocycles. The summed E-state index contributed by atoms with van der Waals surface area (Å²) in [4.78, 5) is 4.42. The van der Waals surface area contributed by atoms with Crippen molar-refractivity contribution in [3.8, 4) is 0 Å². The van der Waals surface area contributed by atoms with Crippen LogP contribution < -0.4 is 5.73 Å². The van der Waals surface area contributed by atoms with Crippen LogP contribution in [0.3, 0.4) is 0 Å².